The maximum absolute atomic E-state index is 6.78. The summed E-state index contributed by atoms with van der Waals surface area (Å²) in [5.41, 5.74) is 5.43. The molecule has 0 amide bonds. The first kappa shape index (κ1) is 22.4. The van der Waals surface area contributed by atoms with Crippen LogP contribution in [0.1, 0.15) is 27.7 Å². The van der Waals surface area contributed by atoms with E-state index in [0.717, 1.165) is 60.8 Å². The Labute approximate surface area is 215 Å². The third-order valence-electron chi connectivity index (χ3n) is 7.94. The summed E-state index contributed by atoms with van der Waals surface area (Å²) >= 11 is 0. The second kappa shape index (κ2) is 7.85. The molecular formula is C32H27BO4. The quantitative estimate of drug-likeness (QED) is 0.238. The molecule has 0 aliphatic carbocycles. The van der Waals surface area contributed by atoms with E-state index in [1.165, 1.54) is 0 Å². The Morgan fingerprint density at radius 3 is 1.86 bits per heavy atom. The highest BCUT2D eigenvalue weighted by Crippen LogP contribution is 2.46. The van der Waals surface area contributed by atoms with Crippen LogP contribution in [-0.2, 0) is 9.31 Å². The molecule has 2 aromatic heterocycles. The number of benzene rings is 4. The topological polar surface area (TPSA) is 44.7 Å². The molecule has 3 heterocycles. The van der Waals surface area contributed by atoms with Crippen molar-refractivity contribution in [3.63, 3.8) is 0 Å². The number of fused-ring (bicyclic) bond motifs is 5. The summed E-state index contributed by atoms with van der Waals surface area (Å²) in [6.07, 6.45) is 0. The molecule has 0 unspecified atom stereocenters. The summed E-state index contributed by atoms with van der Waals surface area (Å²) in [7, 11) is -0.573. The fourth-order valence-electron chi connectivity index (χ4n) is 5.29. The van der Waals surface area contributed by atoms with Gasteiger partial charge in [-0.25, -0.2) is 0 Å². The monoisotopic (exact) mass is 486 g/mol. The van der Waals surface area contributed by atoms with Gasteiger partial charge in [0.25, 0.3) is 0 Å². The lowest BCUT2D eigenvalue weighted by Gasteiger charge is -2.32. The van der Waals surface area contributed by atoms with Crippen molar-refractivity contribution < 1.29 is 18.1 Å². The van der Waals surface area contributed by atoms with E-state index < -0.39 is 18.3 Å². The van der Waals surface area contributed by atoms with Gasteiger partial charge in [0.1, 0.15) is 22.5 Å². The van der Waals surface area contributed by atoms with Gasteiger partial charge in [-0.1, -0.05) is 78.9 Å². The molecule has 7 rings (SSSR count). The Morgan fingerprint density at radius 1 is 0.595 bits per heavy atom. The normalized spacial score (nSPS) is 16.8. The first-order chi connectivity index (χ1) is 17.8. The molecule has 0 spiro atoms. The molecule has 0 saturated carbocycles. The summed E-state index contributed by atoms with van der Waals surface area (Å²) in [6.45, 7) is 8.29. The molecule has 0 radical (unpaired) electrons. The van der Waals surface area contributed by atoms with Crippen LogP contribution in [0.15, 0.2) is 99.8 Å². The SMILES string of the molecule is CC1(C)OB(c2cc3c(-c4ccccc4)c(-c4ccccc4)oc3c3c2oc2ccccc23)OC1(C)C. The van der Waals surface area contributed by atoms with E-state index in [0.29, 0.717) is 0 Å². The van der Waals surface area contributed by atoms with E-state index in [1.807, 2.05) is 42.5 Å². The maximum Gasteiger partial charge on any atom is 0.498 e. The van der Waals surface area contributed by atoms with Crippen LogP contribution in [0.5, 0.6) is 0 Å². The first-order valence-electron chi connectivity index (χ1n) is 12.7. The fraction of sp³-hybridized carbons (Fsp3) is 0.188. The standard InChI is InChI=1S/C32H27BO4/c1-31(2)32(3,4)37-33(36-31)24-19-23-26(20-13-7-5-8-14-20)28(21-15-9-6-10-16-21)35-29(23)27-22-17-11-12-18-25(22)34-30(24)27/h5-19H,1-4H3. The van der Waals surface area contributed by atoms with Crippen molar-refractivity contribution in [2.45, 2.75) is 38.9 Å². The van der Waals surface area contributed by atoms with E-state index >= 15 is 0 Å². The summed E-state index contributed by atoms with van der Waals surface area (Å²) in [5, 5.41) is 2.96. The highest BCUT2D eigenvalue weighted by Gasteiger charge is 2.52. The largest absolute Gasteiger partial charge is 0.498 e. The van der Waals surface area contributed by atoms with E-state index in [1.54, 1.807) is 0 Å². The van der Waals surface area contributed by atoms with E-state index in [-0.39, 0.29) is 0 Å². The zero-order chi connectivity index (χ0) is 25.4. The third-order valence-corrected chi connectivity index (χ3v) is 7.94. The van der Waals surface area contributed by atoms with Crippen molar-refractivity contribution in [3.05, 3.63) is 91.0 Å². The van der Waals surface area contributed by atoms with Crippen molar-refractivity contribution in [1.82, 2.24) is 0 Å². The molecule has 5 heteroatoms. The molecule has 1 fully saturated rings. The Morgan fingerprint density at radius 2 is 1.19 bits per heavy atom. The average molecular weight is 486 g/mol. The van der Waals surface area contributed by atoms with Gasteiger partial charge in [0.05, 0.1) is 16.6 Å². The Bertz CT molecular complexity index is 1760. The van der Waals surface area contributed by atoms with Crippen LogP contribution < -0.4 is 5.46 Å². The number of furan rings is 2. The predicted octanol–water partition coefficient (Wildman–Crippen LogP) is 7.97. The summed E-state index contributed by atoms with van der Waals surface area (Å²) in [6, 6.07) is 30.9. The van der Waals surface area contributed by atoms with Crippen molar-refractivity contribution in [1.29, 1.82) is 0 Å². The maximum atomic E-state index is 6.78. The van der Waals surface area contributed by atoms with Gasteiger partial charge in [-0.05, 0) is 45.4 Å². The lowest BCUT2D eigenvalue weighted by molar-refractivity contribution is 0.00578. The zero-order valence-electron chi connectivity index (χ0n) is 21.4. The van der Waals surface area contributed by atoms with Crippen LogP contribution in [0, 0.1) is 0 Å². The molecule has 4 aromatic carbocycles. The molecule has 0 atom stereocenters. The van der Waals surface area contributed by atoms with E-state index in [9.17, 15) is 0 Å². The third kappa shape index (κ3) is 3.31. The molecule has 37 heavy (non-hydrogen) atoms. The number of hydrogen-bond acceptors (Lipinski definition) is 4. The lowest BCUT2D eigenvalue weighted by Crippen LogP contribution is -2.41. The van der Waals surface area contributed by atoms with Crippen LogP contribution in [0.3, 0.4) is 0 Å². The molecule has 0 N–H and O–H groups in total. The molecule has 182 valence electrons. The van der Waals surface area contributed by atoms with Gasteiger partial charge in [-0.3, -0.25) is 0 Å². The number of rotatable bonds is 3. The van der Waals surface area contributed by atoms with Crippen LogP contribution in [-0.4, -0.2) is 18.3 Å². The fourth-order valence-corrected chi connectivity index (χ4v) is 5.29. The van der Waals surface area contributed by atoms with Crippen LogP contribution >= 0.6 is 0 Å². The predicted molar refractivity (Wildman–Crippen MR) is 150 cm³/mol. The Kier molecular flexibility index (Phi) is 4.75. The van der Waals surface area contributed by atoms with Crippen molar-refractivity contribution in [3.8, 4) is 22.5 Å². The summed E-state index contributed by atoms with van der Waals surface area (Å²) in [5.74, 6) is 0.833. The van der Waals surface area contributed by atoms with Crippen LogP contribution in [0.25, 0.3) is 55.4 Å². The molecule has 1 aliphatic heterocycles. The average Bonchev–Trinajstić information content (AvgIpc) is 3.53. The molecule has 0 bridgehead atoms. The second-order valence-corrected chi connectivity index (χ2v) is 10.8. The van der Waals surface area contributed by atoms with Gasteiger partial charge < -0.3 is 18.1 Å². The van der Waals surface area contributed by atoms with Gasteiger partial charge in [0.15, 0.2) is 0 Å². The minimum absolute atomic E-state index is 0.473. The van der Waals surface area contributed by atoms with Gasteiger partial charge in [0.2, 0.25) is 0 Å². The highest BCUT2D eigenvalue weighted by atomic mass is 16.7. The Hall–Kier alpha value is -3.80. The van der Waals surface area contributed by atoms with Crippen LogP contribution in [0.2, 0.25) is 0 Å². The smallest absolute Gasteiger partial charge is 0.456 e. The van der Waals surface area contributed by atoms with Gasteiger partial charge in [0, 0.05) is 27.4 Å². The molecular weight excluding hydrogens is 459 g/mol. The van der Waals surface area contributed by atoms with Gasteiger partial charge in [-0.2, -0.15) is 0 Å². The highest BCUT2D eigenvalue weighted by molar-refractivity contribution is 6.65. The van der Waals surface area contributed by atoms with Gasteiger partial charge >= 0.3 is 7.12 Å². The van der Waals surface area contributed by atoms with Crippen molar-refractivity contribution >= 4 is 45.5 Å². The molecule has 6 aromatic rings. The summed E-state index contributed by atoms with van der Waals surface area (Å²) < 4.78 is 26.3. The van der Waals surface area contributed by atoms with Crippen molar-refractivity contribution in [2.24, 2.45) is 0 Å². The molecule has 1 aliphatic rings. The minimum Gasteiger partial charge on any atom is -0.456 e. The Balaban J connectivity index is 1.62. The first-order valence-corrected chi connectivity index (χ1v) is 12.7. The minimum atomic E-state index is -0.573. The van der Waals surface area contributed by atoms with Crippen LogP contribution in [0.4, 0.5) is 0 Å². The number of hydrogen-bond donors (Lipinski definition) is 0. The molecule has 1 saturated heterocycles. The van der Waals surface area contributed by atoms with E-state index in [4.69, 9.17) is 18.1 Å². The van der Waals surface area contributed by atoms with Crippen molar-refractivity contribution in [2.75, 3.05) is 0 Å². The molecule has 4 nitrogen and oxygen atoms in total. The zero-order valence-corrected chi connectivity index (χ0v) is 21.4. The van der Waals surface area contributed by atoms with E-state index in [2.05, 4.69) is 76.2 Å². The number of para-hydroxylation sites is 1. The summed E-state index contributed by atoms with van der Waals surface area (Å²) in [4.78, 5) is 0. The van der Waals surface area contributed by atoms with Gasteiger partial charge in [-0.15, -0.1) is 0 Å². The second-order valence-electron chi connectivity index (χ2n) is 10.8. The lowest BCUT2D eigenvalue weighted by atomic mass is 9.77.